The number of thiophene rings is 1. The lowest BCUT2D eigenvalue weighted by Gasteiger charge is -2.03. The van der Waals surface area contributed by atoms with E-state index in [9.17, 15) is 9.59 Å². The van der Waals surface area contributed by atoms with E-state index in [-0.39, 0.29) is 11.1 Å². The molecular weight excluding hydrogens is 362 g/mol. The summed E-state index contributed by atoms with van der Waals surface area (Å²) in [4.78, 5) is 29.8. The highest BCUT2D eigenvalue weighted by atomic mass is 79.9. The molecule has 3 rings (SSSR count). The summed E-state index contributed by atoms with van der Waals surface area (Å²) in [6.07, 6.45) is 2.94. The van der Waals surface area contributed by atoms with Crippen molar-refractivity contribution in [3.63, 3.8) is 0 Å². The lowest BCUT2D eigenvalue weighted by atomic mass is 10.3. The van der Waals surface area contributed by atoms with Gasteiger partial charge >= 0.3 is 0 Å². The third kappa shape index (κ3) is 2.54. The van der Waals surface area contributed by atoms with Crippen LogP contribution in [0.4, 0.5) is 0 Å². The molecule has 8 heteroatoms. The summed E-state index contributed by atoms with van der Waals surface area (Å²) >= 11 is 6.25. The predicted molar refractivity (Wildman–Crippen MR) is 82.5 cm³/mol. The molecule has 0 aliphatic heterocycles. The Kier molecular flexibility index (Phi) is 3.68. The Morgan fingerprint density at radius 3 is 3.05 bits per heavy atom. The zero-order valence-electron chi connectivity index (χ0n) is 10.00. The monoisotopic (exact) mass is 369 g/mol. The van der Waals surface area contributed by atoms with Gasteiger partial charge in [0.05, 0.1) is 10.3 Å². The van der Waals surface area contributed by atoms with Crippen LogP contribution in [0, 0.1) is 0 Å². The van der Waals surface area contributed by atoms with Crippen LogP contribution in [0.15, 0.2) is 38.5 Å². The van der Waals surface area contributed by atoms with Gasteiger partial charge in [-0.15, -0.1) is 22.7 Å². The van der Waals surface area contributed by atoms with Crippen LogP contribution in [0.1, 0.15) is 15.2 Å². The van der Waals surface area contributed by atoms with Gasteiger partial charge in [0.15, 0.2) is 4.96 Å². The second kappa shape index (κ2) is 5.47. The molecule has 3 aromatic heterocycles. The van der Waals surface area contributed by atoms with Crippen LogP contribution in [-0.2, 0) is 6.54 Å². The van der Waals surface area contributed by atoms with E-state index in [2.05, 4.69) is 26.2 Å². The van der Waals surface area contributed by atoms with Gasteiger partial charge in [0, 0.05) is 22.7 Å². The Morgan fingerprint density at radius 1 is 1.45 bits per heavy atom. The number of carbonyl (C=O) groups is 1. The summed E-state index contributed by atoms with van der Waals surface area (Å²) in [5.41, 5.74) is -0.294. The first kappa shape index (κ1) is 13.5. The quantitative estimate of drug-likeness (QED) is 0.771. The average molecular weight is 370 g/mol. The van der Waals surface area contributed by atoms with Crippen molar-refractivity contribution in [2.45, 2.75) is 6.54 Å². The van der Waals surface area contributed by atoms with E-state index in [1.807, 2.05) is 12.1 Å². The molecular formula is C12H8BrN3O2S2. The highest BCUT2D eigenvalue weighted by Crippen LogP contribution is 2.21. The van der Waals surface area contributed by atoms with E-state index in [4.69, 9.17) is 0 Å². The molecule has 0 saturated heterocycles. The van der Waals surface area contributed by atoms with Gasteiger partial charge < -0.3 is 5.32 Å². The van der Waals surface area contributed by atoms with Crippen molar-refractivity contribution in [3.05, 3.63) is 54.5 Å². The molecule has 0 radical (unpaired) electrons. The Hall–Kier alpha value is -1.51. The Bertz CT molecular complexity index is 836. The van der Waals surface area contributed by atoms with E-state index in [1.54, 1.807) is 11.6 Å². The fourth-order valence-electron chi connectivity index (χ4n) is 1.69. The Morgan fingerprint density at radius 2 is 2.30 bits per heavy atom. The van der Waals surface area contributed by atoms with E-state index in [1.165, 1.54) is 33.3 Å². The van der Waals surface area contributed by atoms with E-state index in [0.717, 1.165) is 8.66 Å². The largest absolute Gasteiger partial charge is 0.347 e. The number of aromatic nitrogens is 2. The normalized spacial score (nSPS) is 10.8. The molecule has 5 nitrogen and oxygen atoms in total. The number of hydrogen-bond donors (Lipinski definition) is 1. The number of fused-ring (bicyclic) bond motifs is 1. The molecule has 0 aliphatic carbocycles. The molecule has 1 N–H and O–H groups in total. The Balaban J connectivity index is 1.82. The minimum Gasteiger partial charge on any atom is -0.347 e. The van der Waals surface area contributed by atoms with Gasteiger partial charge in [0.25, 0.3) is 11.5 Å². The van der Waals surface area contributed by atoms with Crippen molar-refractivity contribution in [2.24, 2.45) is 0 Å². The fourth-order valence-corrected chi connectivity index (χ4v) is 3.79. The van der Waals surface area contributed by atoms with E-state index in [0.29, 0.717) is 11.5 Å². The van der Waals surface area contributed by atoms with Crippen molar-refractivity contribution >= 4 is 49.5 Å². The van der Waals surface area contributed by atoms with Crippen LogP contribution in [0.3, 0.4) is 0 Å². The van der Waals surface area contributed by atoms with Crippen LogP contribution in [0.5, 0.6) is 0 Å². The highest BCUT2D eigenvalue weighted by molar-refractivity contribution is 9.11. The molecule has 0 unspecified atom stereocenters. The molecule has 0 saturated carbocycles. The number of thiazole rings is 1. The molecule has 0 bridgehead atoms. The van der Waals surface area contributed by atoms with E-state index < -0.39 is 5.91 Å². The second-order valence-electron chi connectivity index (χ2n) is 3.92. The smallest absolute Gasteiger partial charge is 0.271 e. The van der Waals surface area contributed by atoms with Crippen LogP contribution < -0.4 is 10.9 Å². The summed E-state index contributed by atoms with van der Waals surface area (Å²) in [6.45, 7) is 0.390. The van der Waals surface area contributed by atoms with Crippen molar-refractivity contribution < 1.29 is 4.79 Å². The highest BCUT2D eigenvalue weighted by Gasteiger charge is 2.13. The number of rotatable bonds is 3. The zero-order valence-corrected chi connectivity index (χ0v) is 13.2. The maximum atomic E-state index is 12.1. The molecule has 0 fully saturated rings. The SMILES string of the molecule is O=C(NCc1ccc(Br)s1)c1cnc2sccn2c1=O. The third-order valence-corrected chi connectivity index (χ3v) is 5.03. The molecule has 0 atom stereocenters. The van der Waals surface area contributed by atoms with Crippen LogP contribution in [0.25, 0.3) is 4.96 Å². The number of hydrogen-bond acceptors (Lipinski definition) is 5. The summed E-state index contributed by atoms with van der Waals surface area (Å²) in [6, 6.07) is 3.84. The molecule has 0 spiro atoms. The van der Waals surface area contributed by atoms with Gasteiger partial charge in [-0.25, -0.2) is 4.98 Å². The summed E-state index contributed by atoms with van der Waals surface area (Å²) < 4.78 is 2.38. The lowest BCUT2D eigenvalue weighted by Crippen LogP contribution is -2.30. The van der Waals surface area contributed by atoms with E-state index >= 15 is 0 Å². The van der Waals surface area contributed by atoms with Crippen molar-refractivity contribution in [3.8, 4) is 0 Å². The molecule has 102 valence electrons. The maximum Gasteiger partial charge on any atom is 0.271 e. The van der Waals surface area contributed by atoms with Gasteiger partial charge in [0.1, 0.15) is 5.56 Å². The molecule has 0 aliphatic rings. The molecule has 0 aromatic carbocycles. The van der Waals surface area contributed by atoms with Crippen LogP contribution >= 0.6 is 38.6 Å². The van der Waals surface area contributed by atoms with Gasteiger partial charge in [-0.05, 0) is 28.1 Å². The lowest BCUT2D eigenvalue weighted by molar-refractivity contribution is 0.0949. The summed E-state index contributed by atoms with van der Waals surface area (Å²) in [5.74, 6) is -0.410. The zero-order chi connectivity index (χ0) is 14.1. The number of amides is 1. The first-order chi connectivity index (χ1) is 9.65. The van der Waals surface area contributed by atoms with Crippen molar-refractivity contribution in [1.29, 1.82) is 0 Å². The molecule has 20 heavy (non-hydrogen) atoms. The molecule has 3 heterocycles. The summed E-state index contributed by atoms with van der Waals surface area (Å²) in [7, 11) is 0. The fraction of sp³-hybridized carbons (Fsp3) is 0.0833. The minimum atomic E-state index is -0.410. The van der Waals surface area contributed by atoms with Gasteiger partial charge in [-0.1, -0.05) is 0 Å². The standard InChI is InChI=1S/C12H8BrN3O2S2/c13-9-2-1-7(20-9)5-14-10(17)8-6-15-12-16(11(8)18)3-4-19-12/h1-4,6H,5H2,(H,14,17). The topological polar surface area (TPSA) is 63.5 Å². The van der Waals surface area contributed by atoms with Gasteiger partial charge in [-0.2, -0.15) is 0 Å². The average Bonchev–Trinajstić information content (AvgIpc) is 3.05. The van der Waals surface area contributed by atoms with Gasteiger partial charge in [0.2, 0.25) is 0 Å². The van der Waals surface area contributed by atoms with Crippen LogP contribution in [0.2, 0.25) is 0 Å². The van der Waals surface area contributed by atoms with Crippen molar-refractivity contribution in [2.75, 3.05) is 0 Å². The number of nitrogens with zero attached hydrogens (tertiary/aromatic N) is 2. The maximum absolute atomic E-state index is 12.1. The number of halogens is 1. The first-order valence-electron chi connectivity index (χ1n) is 5.62. The second-order valence-corrected chi connectivity index (χ2v) is 7.34. The number of carbonyl (C=O) groups excluding carboxylic acids is 1. The van der Waals surface area contributed by atoms with Gasteiger partial charge in [-0.3, -0.25) is 14.0 Å². The van der Waals surface area contributed by atoms with Crippen LogP contribution in [-0.4, -0.2) is 15.3 Å². The minimum absolute atomic E-state index is 0.0523. The van der Waals surface area contributed by atoms with Crippen molar-refractivity contribution in [1.82, 2.24) is 14.7 Å². The summed E-state index contributed by atoms with van der Waals surface area (Å²) in [5, 5.41) is 4.49. The number of nitrogens with one attached hydrogen (secondary N) is 1. The predicted octanol–water partition coefficient (Wildman–Crippen LogP) is 2.51. The third-order valence-electron chi connectivity index (χ3n) is 2.64. The first-order valence-corrected chi connectivity index (χ1v) is 8.11. The molecule has 1 amide bonds. The molecule has 3 aromatic rings. The Labute approximate surface area is 130 Å².